The van der Waals surface area contributed by atoms with E-state index in [2.05, 4.69) is 15.3 Å². The van der Waals surface area contributed by atoms with E-state index < -0.39 is 11.6 Å². The number of aromatic nitrogens is 2. The van der Waals surface area contributed by atoms with Crippen molar-refractivity contribution in [2.75, 3.05) is 6.61 Å². The highest BCUT2D eigenvalue weighted by Gasteiger charge is 2.24. The lowest BCUT2D eigenvalue weighted by molar-refractivity contribution is -0.00230. The molecular weight excluding hydrogens is 310 g/mol. The minimum atomic E-state index is -0.429. The first kappa shape index (κ1) is 18.4. The van der Waals surface area contributed by atoms with Gasteiger partial charge in [-0.05, 0) is 47.0 Å². The lowest BCUT2D eigenvalue weighted by Gasteiger charge is -2.25. The van der Waals surface area contributed by atoms with Gasteiger partial charge in [-0.3, -0.25) is 4.68 Å². The van der Waals surface area contributed by atoms with Gasteiger partial charge in [0, 0.05) is 6.20 Å². The molecule has 0 atom stereocenters. The monoisotopic (exact) mass is 331 g/mol. The van der Waals surface area contributed by atoms with Crippen LogP contribution < -0.4 is 0 Å². The number of halogens is 1. The molecule has 22 heavy (non-hydrogen) atoms. The summed E-state index contributed by atoms with van der Waals surface area (Å²) in [4.78, 5) is 25.1. The van der Waals surface area contributed by atoms with Crippen LogP contribution in [-0.4, -0.2) is 28.0 Å². The quantitative estimate of drug-likeness (QED) is 0.474. The Morgan fingerprint density at radius 1 is 1.50 bits per heavy atom. The molecule has 0 radical (unpaired) electrons. The van der Waals surface area contributed by atoms with Gasteiger partial charge in [-0.25, -0.2) is 4.79 Å². The van der Waals surface area contributed by atoms with E-state index in [1.807, 2.05) is 0 Å². The largest absolute Gasteiger partial charge is 0.462 e. The Hall–Kier alpha value is -1.63. The molecule has 0 bridgehead atoms. The van der Waals surface area contributed by atoms with Crippen molar-refractivity contribution in [3.8, 4) is 0 Å². The molecule has 7 nitrogen and oxygen atoms in total. The van der Waals surface area contributed by atoms with Crippen molar-refractivity contribution < 1.29 is 14.4 Å². The van der Waals surface area contributed by atoms with E-state index in [-0.39, 0.29) is 5.15 Å². The number of nitrogens with zero attached hydrogens (tertiary/aromatic N) is 3. The van der Waals surface area contributed by atoms with Gasteiger partial charge in [-0.15, -0.1) is 4.91 Å². The zero-order valence-electron chi connectivity index (χ0n) is 13.3. The van der Waals surface area contributed by atoms with Crippen molar-refractivity contribution >= 4 is 17.6 Å². The predicted octanol–water partition coefficient (Wildman–Crippen LogP) is 3.92. The highest BCUT2D eigenvalue weighted by molar-refractivity contribution is 6.32. The zero-order valence-corrected chi connectivity index (χ0v) is 14.1. The lowest BCUT2D eigenvalue weighted by atomic mass is 9.93. The van der Waals surface area contributed by atoms with Crippen molar-refractivity contribution in [1.82, 2.24) is 9.78 Å². The predicted molar refractivity (Wildman–Crippen MR) is 82.7 cm³/mol. The number of ether oxygens (including phenoxy) is 1. The normalized spacial score (nSPS) is 14.4. The Morgan fingerprint density at radius 3 is 2.50 bits per heavy atom. The number of rotatable bonds is 4. The molecule has 0 spiro atoms. The smallest absolute Gasteiger partial charge is 0.342 e. The maximum absolute atomic E-state index is 11.4. The average Bonchev–Trinajstić information content (AvgIpc) is 2.68. The Bertz CT molecular complexity index is 507. The maximum atomic E-state index is 11.4. The van der Waals surface area contributed by atoms with Gasteiger partial charge in [0.1, 0.15) is 11.2 Å². The first-order valence-corrected chi connectivity index (χ1v) is 7.59. The number of carbonyl (C=O) groups excluding carboxylic acids is 1. The molecule has 0 aromatic carbocycles. The van der Waals surface area contributed by atoms with Gasteiger partial charge in [0.2, 0.25) is 0 Å². The summed E-state index contributed by atoms with van der Waals surface area (Å²) in [6.07, 6.45) is 5.13. The van der Waals surface area contributed by atoms with Crippen LogP contribution in [0.1, 0.15) is 63.4 Å². The summed E-state index contributed by atoms with van der Waals surface area (Å²) in [7, 11) is 0. The number of carbonyl (C=O) groups is 1. The van der Waals surface area contributed by atoms with Crippen LogP contribution in [0.4, 0.5) is 0 Å². The maximum Gasteiger partial charge on any atom is 0.342 e. The molecular formula is C14H22ClN3O4. The number of esters is 1. The highest BCUT2D eigenvalue weighted by atomic mass is 35.5. The third-order valence-electron chi connectivity index (χ3n) is 2.94. The summed E-state index contributed by atoms with van der Waals surface area (Å²) in [6, 6.07) is 0.408. The summed E-state index contributed by atoms with van der Waals surface area (Å²) in [6.45, 7) is 7.39. The standard InChI is InChI=1S/C10H13ClN2O2.C4H9NO2/c1-2-15-10(14)8-6-13(12-9(8)11)7-4-3-5-7;1-4(2,3)7-5-6/h6-7H,2-5H2,1H3;1-3H3. The van der Waals surface area contributed by atoms with Crippen molar-refractivity contribution in [2.45, 2.75) is 58.6 Å². The molecule has 1 heterocycles. The van der Waals surface area contributed by atoms with Crippen LogP contribution in [0.3, 0.4) is 0 Å². The van der Waals surface area contributed by atoms with Gasteiger partial charge in [0.25, 0.3) is 0 Å². The van der Waals surface area contributed by atoms with E-state index in [9.17, 15) is 9.70 Å². The second-order valence-electron chi connectivity index (χ2n) is 5.90. The summed E-state index contributed by atoms with van der Waals surface area (Å²) in [5, 5.41) is 6.61. The molecule has 8 heteroatoms. The first-order valence-electron chi connectivity index (χ1n) is 7.21. The fourth-order valence-corrected chi connectivity index (χ4v) is 1.88. The van der Waals surface area contributed by atoms with Crippen LogP contribution >= 0.6 is 11.6 Å². The third kappa shape index (κ3) is 5.63. The molecule has 1 saturated carbocycles. The van der Waals surface area contributed by atoms with Crippen molar-refractivity contribution in [3.63, 3.8) is 0 Å². The molecule has 0 saturated heterocycles. The fraction of sp³-hybridized carbons (Fsp3) is 0.714. The number of hydrogen-bond acceptors (Lipinski definition) is 6. The minimum Gasteiger partial charge on any atom is -0.462 e. The van der Waals surface area contributed by atoms with Crippen LogP contribution in [0.2, 0.25) is 5.15 Å². The van der Waals surface area contributed by atoms with E-state index >= 15 is 0 Å². The Kier molecular flexibility index (Phi) is 6.80. The topological polar surface area (TPSA) is 82.8 Å². The average molecular weight is 332 g/mol. The van der Waals surface area contributed by atoms with E-state index in [0.717, 1.165) is 12.8 Å². The molecule has 1 aliphatic rings. The van der Waals surface area contributed by atoms with Gasteiger partial charge in [0.15, 0.2) is 10.5 Å². The molecule has 124 valence electrons. The van der Waals surface area contributed by atoms with Crippen molar-refractivity contribution in [1.29, 1.82) is 0 Å². The molecule has 0 aliphatic heterocycles. The van der Waals surface area contributed by atoms with Gasteiger partial charge in [-0.1, -0.05) is 11.6 Å². The molecule has 1 aromatic heterocycles. The van der Waals surface area contributed by atoms with E-state index in [4.69, 9.17) is 16.3 Å². The summed E-state index contributed by atoms with van der Waals surface area (Å²) < 4.78 is 6.65. The second-order valence-corrected chi connectivity index (χ2v) is 6.26. The molecule has 2 rings (SSSR count). The summed E-state index contributed by atoms with van der Waals surface area (Å²) in [5.41, 5.74) is -0.0627. The minimum absolute atomic E-state index is 0.236. The second kappa shape index (κ2) is 8.12. The van der Waals surface area contributed by atoms with Gasteiger partial charge in [-0.2, -0.15) is 5.10 Å². The Morgan fingerprint density at radius 2 is 2.14 bits per heavy atom. The Balaban J connectivity index is 0.000000295. The third-order valence-corrected chi connectivity index (χ3v) is 3.22. The molecule has 1 fully saturated rings. The molecule has 0 N–H and O–H groups in total. The van der Waals surface area contributed by atoms with Crippen LogP contribution in [0.25, 0.3) is 0 Å². The highest BCUT2D eigenvalue weighted by Crippen LogP contribution is 2.32. The van der Waals surface area contributed by atoms with Crippen molar-refractivity contribution in [2.24, 2.45) is 5.34 Å². The molecule has 1 aliphatic carbocycles. The van der Waals surface area contributed by atoms with Gasteiger partial charge >= 0.3 is 5.97 Å². The van der Waals surface area contributed by atoms with Crippen LogP contribution in [0, 0.1) is 4.91 Å². The first-order chi connectivity index (χ1) is 10.3. The number of hydrogen-bond donors (Lipinski definition) is 0. The lowest BCUT2D eigenvalue weighted by Crippen LogP contribution is -2.17. The van der Waals surface area contributed by atoms with Gasteiger partial charge < -0.3 is 9.57 Å². The van der Waals surface area contributed by atoms with E-state index in [1.54, 1.807) is 38.6 Å². The van der Waals surface area contributed by atoms with Crippen molar-refractivity contribution in [3.05, 3.63) is 21.8 Å². The van der Waals surface area contributed by atoms with Gasteiger partial charge in [0.05, 0.1) is 12.6 Å². The fourth-order valence-electron chi connectivity index (χ4n) is 1.67. The van der Waals surface area contributed by atoms with Crippen LogP contribution in [0.5, 0.6) is 0 Å². The van der Waals surface area contributed by atoms with Crippen LogP contribution in [0.15, 0.2) is 11.5 Å². The summed E-state index contributed by atoms with van der Waals surface area (Å²) in [5.74, 6) is -0.395. The van der Waals surface area contributed by atoms with Crippen LogP contribution in [-0.2, 0) is 9.57 Å². The SMILES string of the molecule is CC(C)(C)ON=O.CCOC(=O)c1cn(C2CCC2)nc1Cl. The molecule has 0 amide bonds. The molecule has 0 unspecified atom stereocenters. The van der Waals surface area contributed by atoms with E-state index in [0.29, 0.717) is 18.2 Å². The molecule has 1 aromatic rings. The van der Waals surface area contributed by atoms with E-state index in [1.165, 1.54) is 6.42 Å². The zero-order chi connectivity index (χ0) is 16.8. The summed E-state index contributed by atoms with van der Waals surface area (Å²) >= 11 is 5.87. The Labute approximate surface area is 134 Å².